The van der Waals surface area contributed by atoms with Gasteiger partial charge in [0.1, 0.15) is 0 Å². The first-order valence-electron chi connectivity index (χ1n) is 6.59. The standard InChI is InChI=1S/C15H17N3O2S2/c1-11-3-9-14(10-4-11)22(19,20)18-13-7-5-12(6-8-13)17-15(21)16-2/h3-10,18H,1-2H3,(H2,16,17,21). The van der Waals surface area contributed by atoms with Crippen LogP contribution >= 0.6 is 12.2 Å². The van der Waals surface area contributed by atoms with Gasteiger partial charge in [-0.3, -0.25) is 4.72 Å². The van der Waals surface area contributed by atoms with Crippen LogP contribution < -0.4 is 15.4 Å². The summed E-state index contributed by atoms with van der Waals surface area (Å²) in [5, 5.41) is 6.26. The van der Waals surface area contributed by atoms with Gasteiger partial charge in [-0.25, -0.2) is 8.42 Å². The van der Waals surface area contributed by atoms with Crippen molar-refractivity contribution in [3.8, 4) is 0 Å². The number of sulfonamides is 1. The molecule has 0 fully saturated rings. The van der Waals surface area contributed by atoms with Gasteiger partial charge in [-0.05, 0) is 55.5 Å². The highest BCUT2D eigenvalue weighted by Gasteiger charge is 2.13. The van der Waals surface area contributed by atoms with Crippen molar-refractivity contribution < 1.29 is 8.42 Å². The van der Waals surface area contributed by atoms with Crippen molar-refractivity contribution in [2.24, 2.45) is 0 Å². The average molecular weight is 335 g/mol. The lowest BCUT2D eigenvalue weighted by molar-refractivity contribution is 0.601. The van der Waals surface area contributed by atoms with Gasteiger partial charge in [-0.2, -0.15) is 0 Å². The lowest BCUT2D eigenvalue weighted by atomic mass is 10.2. The number of benzene rings is 2. The van der Waals surface area contributed by atoms with Crippen LogP contribution in [-0.4, -0.2) is 20.6 Å². The molecule has 116 valence electrons. The van der Waals surface area contributed by atoms with Crippen LogP contribution in [0.4, 0.5) is 11.4 Å². The number of anilines is 2. The van der Waals surface area contributed by atoms with E-state index in [1.54, 1.807) is 55.6 Å². The maximum atomic E-state index is 12.3. The minimum absolute atomic E-state index is 0.233. The molecule has 0 aliphatic carbocycles. The molecule has 5 nitrogen and oxygen atoms in total. The first kappa shape index (κ1) is 16.3. The molecule has 2 aromatic rings. The molecule has 2 aromatic carbocycles. The summed E-state index contributed by atoms with van der Waals surface area (Å²) in [5.74, 6) is 0. The predicted molar refractivity (Wildman–Crippen MR) is 93.7 cm³/mol. The molecule has 0 saturated heterocycles. The van der Waals surface area contributed by atoms with E-state index in [9.17, 15) is 8.42 Å². The van der Waals surface area contributed by atoms with Gasteiger partial charge in [-0.1, -0.05) is 17.7 Å². The van der Waals surface area contributed by atoms with E-state index in [4.69, 9.17) is 12.2 Å². The Labute approximate surface area is 135 Å². The third-order valence-corrected chi connectivity index (χ3v) is 4.66. The molecule has 0 aromatic heterocycles. The lowest BCUT2D eigenvalue weighted by Crippen LogP contribution is -2.24. The van der Waals surface area contributed by atoms with E-state index in [1.807, 2.05) is 6.92 Å². The van der Waals surface area contributed by atoms with Crippen molar-refractivity contribution >= 4 is 38.7 Å². The van der Waals surface area contributed by atoms with Gasteiger partial charge in [0.05, 0.1) is 4.90 Å². The van der Waals surface area contributed by atoms with Gasteiger partial charge in [0.25, 0.3) is 10.0 Å². The Balaban J connectivity index is 2.13. The molecule has 0 radical (unpaired) electrons. The van der Waals surface area contributed by atoms with E-state index < -0.39 is 10.0 Å². The Morgan fingerprint density at radius 1 is 0.955 bits per heavy atom. The molecule has 0 atom stereocenters. The maximum absolute atomic E-state index is 12.3. The Morgan fingerprint density at radius 2 is 1.50 bits per heavy atom. The molecule has 7 heteroatoms. The van der Waals surface area contributed by atoms with Crippen molar-refractivity contribution in [1.29, 1.82) is 0 Å². The van der Waals surface area contributed by atoms with Crippen molar-refractivity contribution in [3.63, 3.8) is 0 Å². The molecular weight excluding hydrogens is 318 g/mol. The summed E-state index contributed by atoms with van der Waals surface area (Å²) in [5.41, 5.74) is 2.27. The van der Waals surface area contributed by atoms with E-state index in [1.165, 1.54) is 0 Å². The molecule has 0 amide bonds. The number of thiocarbonyl (C=S) groups is 1. The summed E-state index contributed by atoms with van der Waals surface area (Å²) in [7, 11) is -1.86. The van der Waals surface area contributed by atoms with Crippen LogP contribution in [0.3, 0.4) is 0 Å². The predicted octanol–water partition coefficient (Wildman–Crippen LogP) is 2.71. The minimum Gasteiger partial charge on any atom is -0.366 e. The van der Waals surface area contributed by atoms with E-state index in [-0.39, 0.29) is 4.90 Å². The maximum Gasteiger partial charge on any atom is 0.261 e. The zero-order valence-electron chi connectivity index (χ0n) is 12.3. The quantitative estimate of drug-likeness (QED) is 0.750. The van der Waals surface area contributed by atoms with Crippen LogP contribution in [0, 0.1) is 6.92 Å². The van der Waals surface area contributed by atoms with E-state index >= 15 is 0 Å². The van der Waals surface area contributed by atoms with Crippen molar-refractivity contribution in [2.75, 3.05) is 17.1 Å². The van der Waals surface area contributed by atoms with Gasteiger partial charge < -0.3 is 10.6 Å². The fraction of sp³-hybridized carbons (Fsp3) is 0.133. The second-order valence-corrected chi connectivity index (χ2v) is 6.79. The third-order valence-electron chi connectivity index (χ3n) is 2.95. The summed E-state index contributed by atoms with van der Waals surface area (Å²) in [6.45, 7) is 1.91. The van der Waals surface area contributed by atoms with Crippen LogP contribution in [-0.2, 0) is 10.0 Å². The molecule has 22 heavy (non-hydrogen) atoms. The average Bonchev–Trinajstić information content (AvgIpc) is 2.49. The minimum atomic E-state index is -3.58. The fourth-order valence-electron chi connectivity index (χ4n) is 1.75. The number of hydrogen-bond donors (Lipinski definition) is 3. The Hall–Kier alpha value is -2.12. The molecular formula is C15H17N3O2S2. The van der Waals surface area contributed by atoms with Gasteiger partial charge in [0, 0.05) is 18.4 Å². The molecule has 0 bridgehead atoms. The molecule has 0 heterocycles. The molecule has 0 spiro atoms. The first-order chi connectivity index (χ1) is 10.4. The smallest absolute Gasteiger partial charge is 0.261 e. The largest absolute Gasteiger partial charge is 0.366 e. The molecule has 2 rings (SSSR count). The summed E-state index contributed by atoms with van der Waals surface area (Å²) >= 11 is 5.00. The highest BCUT2D eigenvalue weighted by atomic mass is 32.2. The number of rotatable bonds is 4. The van der Waals surface area contributed by atoms with Crippen LogP contribution in [0.5, 0.6) is 0 Å². The monoisotopic (exact) mass is 335 g/mol. The number of hydrogen-bond acceptors (Lipinski definition) is 3. The number of aryl methyl sites for hydroxylation is 1. The normalized spacial score (nSPS) is 10.8. The second-order valence-electron chi connectivity index (χ2n) is 4.70. The van der Waals surface area contributed by atoms with Gasteiger partial charge in [0.2, 0.25) is 0 Å². The lowest BCUT2D eigenvalue weighted by Gasteiger charge is -2.10. The third kappa shape index (κ3) is 4.19. The van der Waals surface area contributed by atoms with Gasteiger partial charge in [-0.15, -0.1) is 0 Å². The van der Waals surface area contributed by atoms with E-state index in [0.29, 0.717) is 10.8 Å². The van der Waals surface area contributed by atoms with Gasteiger partial charge >= 0.3 is 0 Å². The zero-order chi connectivity index (χ0) is 16.2. The highest BCUT2D eigenvalue weighted by Crippen LogP contribution is 2.18. The Kier molecular flexibility index (Phi) is 4.99. The molecule has 3 N–H and O–H groups in total. The van der Waals surface area contributed by atoms with Crippen LogP contribution in [0.1, 0.15) is 5.56 Å². The molecule has 0 aliphatic rings. The Morgan fingerprint density at radius 3 is 2.05 bits per heavy atom. The van der Waals surface area contributed by atoms with Crippen LogP contribution in [0.2, 0.25) is 0 Å². The molecule has 0 unspecified atom stereocenters. The van der Waals surface area contributed by atoms with Crippen LogP contribution in [0.15, 0.2) is 53.4 Å². The number of nitrogens with one attached hydrogen (secondary N) is 3. The summed E-state index contributed by atoms with van der Waals surface area (Å²) in [4.78, 5) is 0.233. The summed E-state index contributed by atoms with van der Waals surface area (Å²) in [6, 6.07) is 13.5. The summed E-state index contributed by atoms with van der Waals surface area (Å²) < 4.78 is 27.1. The molecule has 0 aliphatic heterocycles. The SMILES string of the molecule is CNC(=S)Nc1ccc(NS(=O)(=O)c2ccc(C)cc2)cc1. The van der Waals surface area contributed by atoms with E-state index in [0.717, 1.165) is 11.3 Å². The summed E-state index contributed by atoms with van der Waals surface area (Å²) in [6.07, 6.45) is 0. The van der Waals surface area contributed by atoms with Crippen molar-refractivity contribution in [2.45, 2.75) is 11.8 Å². The van der Waals surface area contributed by atoms with Crippen molar-refractivity contribution in [1.82, 2.24) is 5.32 Å². The van der Waals surface area contributed by atoms with E-state index in [2.05, 4.69) is 15.4 Å². The molecule has 0 saturated carbocycles. The highest BCUT2D eigenvalue weighted by molar-refractivity contribution is 7.92. The fourth-order valence-corrected chi connectivity index (χ4v) is 2.92. The van der Waals surface area contributed by atoms with Gasteiger partial charge in [0.15, 0.2) is 5.11 Å². The zero-order valence-corrected chi connectivity index (χ0v) is 13.9. The van der Waals surface area contributed by atoms with Crippen LogP contribution in [0.25, 0.3) is 0 Å². The van der Waals surface area contributed by atoms with Crippen molar-refractivity contribution in [3.05, 3.63) is 54.1 Å². The Bertz CT molecular complexity index is 754. The first-order valence-corrected chi connectivity index (χ1v) is 8.48. The second kappa shape index (κ2) is 6.76. The topological polar surface area (TPSA) is 70.2 Å².